The molecule has 1 aliphatic rings. The molecule has 0 fully saturated rings. The summed E-state index contributed by atoms with van der Waals surface area (Å²) in [6.07, 6.45) is 1.19. The van der Waals surface area contributed by atoms with E-state index in [-0.39, 0.29) is 0 Å². The van der Waals surface area contributed by atoms with Crippen molar-refractivity contribution >= 4 is 0 Å². The molecule has 2 rings (SSSR count). The average molecular weight is 233 g/mol. The van der Waals surface area contributed by atoms with Crippen LogP contribution in [-0.2, 0) is 6.42 Å². The predicted molar refractivity (Wildman–Crippen MR) is 71.3 cm³/mol. The van der Waals surface area contributed by atoms with Gasteiger partial charge in [-0.05, 0) is 37.9 Å². The van der Waals surface area contributed by atoms with Crippen LogP contribution >= 0.6 is 0 Å². The molecule has 1 unspecified atom stereocenters. The zero-order valence-electron chi connectivity index (χ0n) is 11.1. The van der Waals surface area contributed by atoms with Gasteiger partial charge in [0, 0.05) is 19.0 Å². The molecule has 1 atom stereocenters. The number of fused-ring (bicyclic) bond motifs is 1. The van der Waals surface area contributed by atoms with Crippen molar-refractivity contribution in [2.45, 2.75) is 38.7 Å². The van der Waals surface area contributed by atoms with E-state index in [1.54, 1.807) is 0 Å². The molecule has 94 valence electrons. The highest BCUT2D eigenvalue weighted by Gasteiger charge is 2.28. The lowest BCUT2D eigenvalue weighted by molar-refractivity contribution is 0.0352. The standard InChI is InChI=1S/C15H23NO/c1-4-16(11-15(2,3)17)10-13-9-12-7-5-6-8-14(12)13/h5-8,13,17H,4,9-11H2,1-3H3. The van der Waals surface area contributed by atoms with Crippen LogP contribution in [0.5, 0.6) is 0 Å². The van der Waals surface area contributed by atoms with E-state index in [2.05, 4.69) is 36.1 Å². The number of nitrogens with zero attached hydrogens (tertiary/aromatic N) is 1. The van der Waals surface area contributed by atoms with Crippen LogP contribution in [0.2, 0.25) is 0 Å². The molecule has 0 radical (unpaired) electrons. The van der Waals surface area contributed by atoms with Crippen LogP contribution in [-0.4, -0.2) is 35.2 Å². The van der Waals surface area contributed by atoms with E-state index < -0.39 is 5.60 Å². The third-order valence-electron chi connectivity index (χ3n) is 3.50. The monoisotopic (exact) mass is 233 g/mol. The summed E-state index contributed by atoms with van der Waals surface area (Å²) >= 11 is 0. The van der Waals surface area contributed by atoms with Gasteiger partial charge in [-0.2, -0.15) is 0 Å². The molecule has 1 aromatic rings. The molecule has 2 heteroatoms. The van der Waals surface area contributed by atoms with E-state index in [0.717, 1.165) is 19.6 Å². The van der Waals surface area contributed by atoms with E-state index >= 15 is 0 Å². The molecule has 0 saturated heterocycles. The molecular formula is C15H23NO. The molecule has 0 bridgehead atoms. The lowest BCUT2D eigenvalue weighted by atomic mass is 9.77. The van der Waals surface area contributed by atoms with Crippen molar-refractivity contribution in [3.05, 3.63) is 35.4 Å². The fourth-order valence-corrected chi connectivity index (χ4v) is 2.69. The van der Waals surface area contributed by atoms with Crippen molar-refractivity contribution in [1.82, 2.24) is 4.90 Å². The number of aliphatic hydroxyl groups is 1. The van der Waals surface area contributed by atoms with E-state index in [1.165, 1.54) is 17.5 Å². The van der Waals surface area contributed by atoms with Gasteiger partial charge in [-0.1, -0.05) is 31.2 Å². The van der Waals surface area contributed by atoms with Crippen LogP contribution in [0.3, 0.4) is 0 Å². The van der Waals surface area contributed by atoms with Crippen molar-refractivity contribution in [2.75, 3.05) is 19.6 Å². The third-order valence-corrected chi connectivity index (χ3v) is 3.50. The molecule has 0 aromatic heterocycles. The Balaban J connectivity index is 1.94. The molecule has 1 N–H and O–H groups in total. The smallest absolute Gasteiger partial charge is 0.0718 e. The second-order valence-corrected chi connectivity index (χ2v) is 5.74. The minimum atomic E-state index is -0.598. The number of hydrogen-bond acceptors (Lipinski definition) is 2. The van der Waals surface area contributed by atoms with Crippen LogP contribution in [0.1, 0.15) is 37.8 Å². The van der Waals surface area contributed by atoms with E-state index in [9.17, 15) is 5.11 Å². The minimum Gasteiger partial charge on any atom is -0.389 e. The molecule has 1 aliphatic carbocycles. The van der Waals surface area contributed by atoms with Gasteiger partial charge in [0.25, 0.3) is 0 Å². The molecule has 2 nitrogen and oxygen atoms in total. The van der Waals surface area contributed by atoms with Gasteiger partial charge in [-0.15, -0.1) is 0 Å². The predicted octanol–water partition coefficient (Wildman–Crippen LogP) is 2.42. The maximum atomic E-state index is 9.88. The van der Waals surface area contributed by atoms with Crippen LogP contribution in [0.15, 0.2) is 24.3 Å². The molecule has 0 amide bonds. The van der Waals surface area contributed by atoms with E-state index in [1.807, 2.05) is 13.8 Å². The van der Waals surface area contributed by atoms with Gasteiger partial charge in [-0.3, -0.25) is 0 Å². The first-order valence-corrected chi connectivity index (χ1v) is 6.52. The topological polar surface area (TPSA) is 23.5 Å². The summed E-state index contributed by atoms with van der Waals surface area (Å²) in [5.74, 6) is 0.661. The number of rotatable bonds is 5. The summed E-state index contributed by atoms with van der Waals surface area (Å²) < 4.78 is 0. The zero-order chi connectivity index (χ0) is 12.5. The zero-order valence-corrected chi connectivity index (χ0v) is 11.1. The maximum Gasteiger partial charge on any atom is 0.0718 e. The average Bonchev–Trinajstić information content (AvgIpc) is 2.22. The quantitative estimate of drug-likeness (QED) is 0.844. The highest BCUT2D eigenvalue weighted by molar-refractivity contribution is 5.40. The van der Waals surface area contributed by atoms with E-state index in [0.29, 0.717) is 5.92 Å². The second-order valence-electron chi connectivity index (χ2n) is 5.74. The number of benzene rings is 1. The van der Waals surface area contributed by atoms with Crippen LogP contribution in [0, 0.1) is 0 Å². The maximum absolute atomic E-state index is 9.88. The Hall–Kier alpha value is -0.860. The minimum absolute atomic E-state index is 0.598. The largest absolute Gasteiger partial charge is 0.389 e. The number of likely N-dealkylation sites (N-methyl/N-ethyl adjacent to an activating group) is 1. The lowest BCUT2D eigenvalue weighted by Crippen LogP contribution is -2.42. The van der Waals surface area contributed by atoms with Gasteiger partial charge in [0.15, 0.2) is 0 Å². The SMILES string of the molecule is CCN(CC1Cc2ccccc21)CC(C)(C)O. The highest BCUT2D eigenvalue weighted by Crippen LogP contribution is 2.35. The highest BCUT2D eigenvalue weighted by atomic mass is 16.3. The van der Waals surface area contributed by atoms with Gasteiger partial charge in [0.1, 0.15) is 0 Å². The van der Waals surface area contributed by atoms with Crippen molar-refractivity contribution in [3.63, 3.8) is 0 Å². The Morgan fingerprint density at radius 3 is 2.65 bits per heavy atom. The normalized spacial score (nSPS) is 19.0. The first-order valence-electron chi connectivity index (χ1n) is 6.52. The summed E-state index contributed by atoms with van der Waals surface area (Å²) in [4.78, 5) is 2.35. The molecule has 1 aromatic carbocycles. The second kappa shape index (κ2) is 4.79. The summed E-state index contributed by atoms with van der Waals surface area (Å²) in [7, 11) is 0. The molecule has 0 heterocycles. The summed E-state index contributed by atoms with van der Waals surface area (Å²) in [6.45, 7) is 8.74. The summed E-state index contributed by atoms with van der Waals surface area (Å²) in [5.41, 5.74) is 2.40. The molecular weight excluding hydrogens is 210 g/mol. The van der Waals surface area contributed by atoms with Crippen molar-refractivity contribution in [3.8, 4) is 0 Å². The van der Waals surface area contributed by atoms with Gasteiger partial charge in [-0.25, -0.2) is 0 Å². The van der Waals surface area contributed by atoms with E-state index in [4.69, 9.17) is 0 Å². The van der Waals surface area contributed by atoms with Crippen LogP contribution in [0.4, 0.5) is 0 Å². The van der Waals surface area contributed by atoms with Crippen molar-refractivity contribution in [1.29, 1.82) is 0 Å². The third kappa shape index (κ3) is 3.08. The Bertz CT molecular complexity index is 381. The Morgan fingerprint density at radius 1 is 1.35 bits per heavy atom. The first-order chi connectivity index (χ1) is 7.99. The van der Waals surface area contributed by atoms with Gasteiger partial charge < -0.3 is 10.0 Å². The number of hydrogen-bond donors (Lipinski definition) is 1. The van der Waals surface area contributed by atoms with Crippen LogP contribution in [0.25, 0.3) is 0 Å². The van der Waals surface area contributed by atoms with Crippen molar-refractivity contribution < 1.29 is 5.11 Å². The van der Waals surface area contributed by atoms with Gasteiger partial charge in [0.05, 0.1) is 5.60 Å². The van der Waals surface area contributed by atoms with Gasteiger partial charge >= 0.3 is 0 Å². The first kappa shape index (κ1) is 12.6. The Morgan fingerprint density at radius 2 is 2.06 bits per heavy atom. The molecule has 0 saturated carbocycles. The van der Waals surface area contributed by atoms with Gasteiger partial charge in [0.2, 0.25) is 0 Å². The lowest BCUT2D eigenvalue weighted by Gasteiger charge is -2.36. The fourth-order valence-electron chi connectivity index (χ4n) is 2.69. The molecule has 0 aliphatic heterocycles. The van der Waals surface area contributed by atoms with Crippen molar-refractivity contribution in [2.24, 2.45) is 0 Å². The Kier molecular flexibility index (Phi) is 3.55. The Labute approximate surface area is 104 Å². The summed E-state index contributed by atoms with van der Waals surface area (Å²) in [5, 5.41) is 9.88. The van der Waals surface area contributed by atoms with Crippen LogP contribution < -0.4 is 0 Å². The molecule has 0 spiro atoms. The fraction of sp³-hybridized carbons (Fsp3) is 0.600. The summed E-state index contributed by atoms with van der Waals surface area (Å²) in [6, 6.07) is 8.69. The molecule has 17 heavy (non-hydrogen) atoms.